The lowest BCUT2D eigenvalue weighted by atomic mass is 9.95. The highest BCUT2D eigenvalue weighted by atomic mass is 127. The number of alkyl halides is 2. The van der Waals surface area contributed by atoms with Crippen LogP contribution in [0.3, 0.4) is 0 Å². The lowest BCUT2D eigenvalue weighted by Gasteiger charge is -2.29. The molecule has 1 unspecified atom stereocenters. The second kappa shape index (κ2) is 77.9. The number of nitrogens with one attached hydrogen (secondary N) is 1. The minimum atomic E-state index is -2.64. The van der Waals surface area contributed by atoms with Gasteiger partial charge in [0.2, 0.25) is 22.2 Å². The summed E-state index contributed by atoms with van der Waals surface area (Å²) in [6, 6.07) is 41.1. The topological polar surface area (TPSA) is 174 Å². The molecule has 123 heavy (non-hydrogen) atoms. The van der Waals surface area contributed by atoms with Gasteiger partial charge < -0.3 is 85.6 Å². The van der Waals surface area contributed by atoms with Crippen molar-refractivity contribution in [1.82, 2.24) is 52.7 Å². The van der Waals surface area contributed by atoms with Crippen molar-refractivity contribution in [2.45, 2.75) is 125 Å². The van der Waals surface area contributed by atoms with Crippen LogP contribution in [0.4, 0.5) is 0 Å². The minimum absolute atomic E-state index is 0. The summed E-state index contributed by atoms with van der Waals surface area (Å²) in [6.07, 6.45) is 0.778. The highest BCUT2D eigenvalue weighted by Crippen LogP contribution is 2.68. The van der Waals surface area contributed by atoms with Crippen molar-refractivity contribution in [3.63, 3.8) is 0 Å². The van der Waals surface area contributed by atoms with E-state index in [0.29, 0.717) is 31.8 Å². The van der Waals surface area contributed by atoms with Gasteiger partial charge in [-0.25, -0.2) is 32.7 Å². The highest BCUT2D eigenvalue weighted by molar-refractivity contribution is 14.1. The fourth-order valence-corrected chi connectivity index (χ4v) is 27.1. The van der Waals surface area contributed by atoms with Gasteiger partial charge in [0.15, 0.2) is 0 Å². The van der Waals surface area contributed by atoms with E-state index < -0.39 is 42.3 Å². The Bertz CT molecular complexity index is 3510. The van der Waals surface area contributed by atoms with Gasteiger partial charge in [0.05, 0.1) is 59.4 Å². The maximum Gasteiger partial charge on any atom is 0.328 e. The Hall–Kier alpha value is 5.15. The van der Waals surface area contributed by atoms with Gasteiger partial charge in [-0.3, -0.25) is 9.13 Å². The first-order chi connectivity index (χ1) is 55.4. The van der Waals surface area contributed by atoms with Gasteiger partial charge in [-0.1, -0.05) is 253 Å². The normalized spacial score (nSPS) is 22.2. The van der Waals surface area contributed by atoms with Crippen molar-refractivity contribution in [1.29, 1.82) is 0 Å². The second-order valence-corrected chi connectivity index (χ2v) is 68.0. The summed E-state index contributed by atoms with van der Waals surface area (Å²) in [5.41, 5.74) is 4.51. The molecule has 730 valence electrons. The number of likely N-dealkylation sites (N-methyl/N-ethyl adjacent to an activating group) is 3. The number of benzene rings is 4. The Morgan fingerprint density at radius 1 is 0.561 bits per heavy atom. The predicted octanol–water partition coefficient (Wildman–Crippen LogP) is 21.8. The number of hydrogen-bond donors (Lipinski definition) is 3. The van der Waals surface area contributed by atoms with Crippen LogP contribution in [0.1, 0.15) is 129 Å². The Balaban J connectivity index is -0.000000201. The quantitative estimate of drug-likeness (QED) is 0.0202. The van der Waals surface area contributed by atoms with Gasteiger partial charge in [0.25, 0.3) is 6.64 Å². The van der Waals surface area contributed by atoms with E-state index >= 15 is 0 Å². The average Bonchev–Trinajstić information content (AvgIpc) is 1.64. The summed E-state index contributed by atoms with van der Waals surface area (Å²) in [5, 5.41) is 12.5. The summed E-state index contributed by atoms with van der Waals surface area (Å²) in [7, 11) is 38.8. The number of aliphatic hydroxyl groups excluding tert-OH is 1. The Morgan fingerprint density at radius 3 is 1.06 bits per heavy atom. The van der Waals surface area contributed by atoms with E-state index in [-0.39, 0.29) is 96.9 Å². The first-order valence-corrected chi connectivity index (χ1v) is 67.2. The molecule has 0 amide bonds. The third-order valence-electron chi connectivity index (χ3n) is 17.2. The Labute approximate surface area is 874 Å². The molecule has 46 heteroatoms. The van der Waals surface area contributed by atoms with Crippen LogP contribution >= 0.6 is 203 Å². The molecule has 0 bridgehead atoms. The molecule has 0 aliphatic carbocycles. The van der Waals surface area contributed by atoms with Crippen LogP contribution < -0.4 is 29.3 Å². The van der Waals surface area contributed by atoms with Crippen molar-refractivity contribution in [3.8, 4) is 0 Å². The van der Waals surface area contributed by atoms with E-state index in [4.69, 9.17) is 131 Å². The molecule has 0 saturated carbocycles. The first kappa shape index (κ1) is 144. The maximum atomic E-state index is 12.3. The number of hydrogen-bond acceptors (Lipinski definition) is 20. The molecule has 3 fully saturated rings. The van der Waals surface area contributed by atoms with E-state index in [1.54, 1.807) is 58.6 Å². The monoisotopic (exact) mass is 2570 g/mol. The van der Waals surface area contributed by atoms with Crippen LogP contribution in [0, 0.1) is 5.92 Å². The van der Waals surface area contributed by atoms with Crippen molar-refractivity contribution in [3.05, 3.63) is 144 Å². The summed E-state index contributed by atoms with van der Waals surface area (Å²) in [5.74, 6) is -2.54. The lowest BCUT2D eigenvalue weighted by Crippen LogP contribution is -3.00. The molecule has 0 aromatic heterocycles. The molecular formula is C77H155Cl6I4N12O10P7S7. The number of quaternary nitrogens is 1. The second-order valence-electron chi connectivity index (χ2n) is 29.0. The largest absolute Gasteiger partial charge is 1.00 e. The van der Waals surface area contributed by atoms with Crippen molar-refractivity contribution in [2.24, 2.45) is 5.92 Å². The zero-order valence-electron chi connectivity index (χ0n) is 78.8. The summed E-state index contributed by atoms with van der Waals surface area (Å²) < 4.78 is 70.5. The van der Waals surface area contributed by atoms with E-state index in [2.05, 4.69) is 191 Å². The smallest absolute Gasteiger partial charge is 0.328 e. The SMILES string of the molecule is CCN(CC)CC.CCOP(O)(=S)N(C)C.CCO[P@](=O)(SCCN(C)C)N(C)C.CCO[P@](=O)(SCC[N+](C)(C)C)N(C)C.CC[C@@H](C)[C@H](O)c1ccccc1.CI.CN(C)CCI.CNC.C[C@@H]1[C@H](c2ccccc2)O[P@@](=S)(Cl)N1C.C[C@@H]1[C@H](c2ccccc2)O[P@](=S)(Cl)N1C.C[C@@H]1[C@H](c2ccccc2)O[P@](=S)(N(C)C)N1C.Cl.I.S=P(Cl)(Cl)Cl.[I-]. The van der Waals surface area contributed by atoms with Crippen molar-refractivity contribution in [2.75, 3.05) is 221 Å². The van der Waals surface area contributed by atoms with Crippen LogP contribution in [-0.2, 0) is 95.3 Å². The van der Waals surface area contributed by atoms with Gasteiger partial charge in [0, 0.05) is 41.4 Å². The van der Waals surface area contributed by atoms with Crippen LogP contribution in [-0.4, -0.2) is 301 Å². The Kier molecular flexibility index (Phi) is 90.9. The number of halogens is 10. The molecule has 3 saturated heterocycles. The molecule has 7 rings (SSSR count). The molecular weight excluding hydrogens is 2410 g/mol. The van der Waals surface area contributed by atoms with Gasteiger partial charge in [-0.15, -0.1) is 36.4 Å². The van der Waals surface area contributed by atoms with Gasteiger partial charge >= 0.3 is 13.4 Å². The number of aliphatic hydroxyl groups is 1. The zero-order valence-corrected chi connectivity index (χ0v) is 104. The molecule has 4 aromatic carbocycles. The third-order valence-corrected chi connectivity index (χ3v) is 42.6. The number of nitrogens with zero attached hydrogens (tertiary/aromatic N) is 11. The molecule has 4 aromatic rings. The number of rotatable bonds is 29. The zero-order chi connectivity index (χ0) is 94.4. The third kappa shape index (κ3) is 64.2. The summed E-state index contributed by atoms with van der Waals surface area (Å²) >= 11 is 59.9. The lowest BCUT2D eigenvalue weighted by molar-refractivity contribution is -0.867. The van der Waals surface area contributed by atoms with Crippen molar-refractivity contribution < 1.29 is 74.7 Å². The van der Waals surface area contributed by atoms with Crippen LogP contribution in [0.5, 0.6) is 0 Å². The fourth-order valence-electron chi connectivity index (χ4n) is 9.45. The van der Waals surface area contributed by atoms with E-state index in [1.165, 1.54) is 63.6 Å². The molecule has 3 heterocycles. The van der Waals surface area contributed by atoms with Gasteiger partial charge in [-0.05, 0) is 307 Å². The van der Waals surface area contributed by atoms with Crippen LogP contribution in [0.25, 0.3) is 0 Å². The van der Waals surface area contributed by atoms with Gasteiger partial charge in [-0.2, -0.15) is 0 Å². The molecule has 22 nitrogen and oxygen atoms in total. The molecule has 0 radical (unpaired) electrons. The van der Waals surface area contributed by atoms with Crippen LogP contribution in [0.15, 0.2) is 121 Å². The molecule has 14 atom stereocenters. The summed E-state index contributed by atoms with van der Waals surface area (Å²) in [4.78, 5) is 17.8. The van der Waals surface area contributed by atoms with Crippen molar-refractivity contribution >= 4 is 262 Å². The standard InChI is InChI=1S/C12H19N2OPS.C11H16O.2C10H13ClNOPS.C9H24N2O2PS.C8H21N2O2PS.C6H15N.C4H10IN.C4H12NO2PS.C2H7N.CH3I.Cl3PS.ClH.2HI/c1-10-12(11-8-6-5-7-9-11)15-16(17,13(2)3)14(10)4;1-3-9(2)11(12)10-7-5-4-6-8-10;2*1-8-10(9-6-4-3-5-7-9)13-14(11,15)12(8)2;1-7-13-14(12,10(2)3)15-9-8-11(4,5)6;1-6-12-13(11,10(4)5)14-8-7-9(2)3;1-4-7(5-2)6-3;1-6(2)4-3-5;1-4-7-8(6,9)5(2)3;1-3-2;1-2;1-4(2,3)5;;;/h5-10,12H,1-4H3;4-9,11-12H,3H2,1-2H3;2*3-8,10H,1-2H3;7-9H2,1-6H3;6-8H2,1-5H3;4-6H2,1-3H3;3-4H2,1-2H3;4H2,1-3H3,(H,6,9);3H,1-2H3;1H3;;3*1H/q;;;;+1;;;;;;;;;;/p-1/t10-,12-,16+;9-,11+;8-,10-,14+;8-,10-,14-;14-;13-;;;;;;;;;/m111100........./s1. The molecule has 3 aliphatic heterocycles. The fraction of sp³-hybridized carbons (Fsp3) is 0.688. The molecule has 3 N–H and O–H groups in total. The molecule has 0 spiro atoms. The average molecular weight is 2570 g/mol. The highest BCUT2D eigenvalue weighted by Gasteiger charge is 2.46. The Morgan fingerprint density at radius 2 is 0.854 bits per heavy atom. The predicted molar refractivity (Wildman–Crippen MR) is 596 cm³/mol. The van der Waals surface area contributed by atoms with E-state index in [9.17, 15) is 19.1 Å². The summed E-state index contributed by atoms with van der Waals surface area (Å²) in [6.45, 7) is 20.9. The van der Waals surface area contributed by atoms with E-state index in [1.807, 2.05) is 198 Å². The maximum absolute atomic E-state index is 12.3. The van der Waals surface area contributed by atoms with Gasteiger partial charge in [0.1, 0.15) is 18.3 Å². The van der Waals surface area contributed by atoms with Crippen LogP contribution in [0.2, 0.25) is 0 Å². The molecule has 3 aliphatic rings. The van der Waals surface area contributed by atoms with E-state index in [0.717, 1.165) is 52.2 Å². The first-order valence-electron chi connectivity index (χ1n) is 39.3. The minimum Gasteiger partial charge on any atom is -1.00 e.